The van der Waals surface area contributed by atoms with Gasteiger partial charge < -0.3 is 5.43 Å². The highest BCUT2D eigenvalue weighted by atomic mass is 35.5. The van der Waals surface area contributed by atoms with Crippen LogP contribution in [0.4, 0.5) is 10.2 Å². The maximum Gasteiger partial charge on any atom is 0.164 e. The van der Waals surface area contributed by atoms with Gasteiger partial charge >= 0.3 is 0 Å². The minimum Gasteiger partial charge on any atom is -0.308 e. The van der Waals surface area contributed by atoms with E-state index in [1.54, 1.807) is 17.4 Å². The molecule has 3 N–H and O–H groups in total. The largest absolute Gasteiger partial charge is 0.308 e. The molecule has 0 fully saturated rings. The van der Waals surface area contributed by atoms with Crippen molar-refractivity contribution in [3.63, 3.8) is 0 Å². The van der Waals surface area contributed by atoms with E-state index in [4.69, 9.17) is 17.4 Å². The quantitative estimate of drug-likeness (QED) is 0.565. The van der Waals surface area contributed by atoms with E-state index in [0.717, 1.165) is 16.6 Å². The zero-order valence-corrected chi connectivity index (χ0v) is 12.7. The molecule has 0 aliphatic rings. The molecule has 0 aliphatic carbocycles. The molecular formula is C14H12ClFN4S. The molecule has 7 heteroatoms. The predicted molar refractivity (Wildman–Crippen MR) is 85.0 cm³/mol. The van der Waals surface area contributed by atoms with E-state index in [1.807, 2.05) is 6.07 Å². The normalized spacial score (nSPS) is 11.0. The molecule has 0 spiro atoms. The van der Waals surface area contributed by atoms with Gasteiger partial charge in [-0.05, 0) is 30.7 Å². The average Bonchev–Trinajstić information content (AvgIpc) is 2.89. The summed E-state index contributed by atoms with van der Waals surface area (Å²) in [6, 6.07) is 6.15. The van der Waals surface area contributed by atoms with E-state index >= 15 is 0 Å². The third-order valence-corrected chi connectivity index (χ3v) is 4.59. The molecular weight excluding hydrogens is 311 g/mol. The van der Waals surface area contributed by atoms with Crippen LogP contribution in [0.3, 0.4) is 0 Å². The number of halogens is 2. The highest BCUT2D eigenvalue weighted by molar-refractivity contribution is 7.18. The second-order valence-corrected chi connectivity index (χ2v) is 5.97. The molecule has 4 nitrogen and oxygen atoms in total. The van der Waals surface area contributed by atoms with Gasteiger partial charge in [0, 0.05) is 10.4 Å². The number of hydrazine groups is 1. The topological polar surface area (TPSA) is 63.8 Å². The number of benzene rings is 1. The Morgan fingerprint density at radius 1 is 1.33 bits per heavy atom. The molecule has 0 unspecified atom stereocenters. The van der Waals surface area contributed by atoms with Crippen LogP contribution < -0.4 is 11.3 Å². The third kappa shape index (κ3) is 2.57. The van der Waals surface area contributed by atoms with E-state index in [-0.39, 0.29) is 5.02 Å². The number of nitrogens with one attached hydrogen (secondary N) is 1. The molecule has 21 heavy (non-hydrogen) atoms. The van der Waals surface area contributed by atoms with E-state index in [9.17, 15) is 4.39 Å². The van der Waals surface area contributed by atoms with Crippen molar-refractivity contribution in [3.8, 4) is 11.4 Å². The van der Waals surface area contributed by atoms with Crippen molar-refractivity contribution in [1.29, 1.82) is 0 Å². The number of anilines is 1. The fourth-order valence-corrected chi connectivity index (χ4v) is 3.27. The number of aryl methyl sites for hydroxylation is 1. The number of hydrogen-bond donors (Lipinski definition) is 2. The van der Waals surface area contributed by atoms with Gasteiger partial charge in [-0.3, -0.25) is 0 Å². The number of fused-ring (bicyclic) bond motifs is 1. The van der Waals surface area contributed by atoms with Crippen LogP contribution in [0.1, 0.15) is 11.8 Å². The van der Waals surface area contributed by atoms with Crippen LogP contribution in [0, 0.1) is 5.82 Å². The number of nitrogen functional groups attached to an aromatic ring is 1. The lowest BCUT2D eigenvalue weighted by Crippen LogP contribution is -2.09. The Labute approximate surface area is 129 Å². The fourth-order valence-electron chi connectivity index (χ4n) is 2.05. The maximum atomic E-state index is 13.2. The van der Waals surface area contributed by atoms with Gasteiger partial charge in [0.1, 0.15) is 10.6 Å². The molecule has 0 radical (unpaired) electrons. The molecule has 0 atom stereocenters. The van der Waals surface area contributed by atoms with Crippen molar-refractivity contribution >= 4 is 39.0 Å². The van der Waals surface area contributed by atoms with Gasteiger partial charge in [-0.2, -0.15) is 0 Å². The molecule has 1 aromatic carbocycles. The van der Waals surface area contributed by atoms with Gasteiger partial charge in [0.15, 0.2) is 11.6 Å². The van der Waals surface area contributed by atoms with Crippen molar-refractivity contribution in [2.45, 2.75) is 13.3 Å². The minimum atomic E-state index is -0.397. The van der Waals surface area contributed by atoms with E-state index in [0.29, 0.717) is 17.2 Å². The Hall–Kier alpha value is -1.76. The molecule has 3 aromatic rings. The number of thiophene rings is 1. The number of nitrogens with zero attached hydrogens (tertiary/aromatic N) is 2. The summed E-state index contributed by atoms with van der Waals surface area (Å²) in [7, 11) is 0. The summed E-state index contributed by atoms with van der Waals surface area (Å²) >= 11 is 7.66. The molecule has 0 saturated heterocycles. The number of nitrogens with two attached hydrogens (primary N) is 1. The van der Waals surface area contributed by atoms with E-state index < -0.39 is 5.82 Å². The van der Waals surface area contributed by atoms with Gasteiger partial charge in [-0.1, -0.05) is 18.5 Å². The van der Waals surface area contributed by atoms with Crippen molar-refractivity contribution in [2.24, 2.45) is 5.84 Å². The summed E-state index contributed by atoms with van der Waals surface area (Å²) in [5.41, 5.74) is 3.16. The van der Waals surface area contributed by atoms with Crippen LogP contribution in [0.15, 0.2) is 24.3 Å². The standard InChI is InChI=1S/C14H12ClFN4S/c1-2-8-6-10-13(20-17)18-12(19-14(10)21-8)9-4-3-7(16)5-11(9)15/h3-6H,2,17H2,1H3,(H,18,19,20). The van der Waals surface area contributed by atoms with E-state index in [1.165, 1.54) is 17.0 Å². The summed E-state index contributed by atoms with van der Waals surface area (Å²) in [4.78, 5) is 10.9. The SMILES string of the molecule is CCc1cc2c(NN)nc(-c3ccc(F)cc3Cl)nc2s1. The van der Waals surface area contributed by atoms with Crippen LogP contribution in [0.5, 0.6) is 0 Å². The first-order chi connectivity index (χ1) is 10.1. The van der Waals surface area contributed by atoms with Crippen molar-refractivity contribution in [1.82, 2.24) is 9.97 Å². The lowest BCUT2D eigenvalue weighted by Gasteiger charge is -2.06. The van der Waals surface area contributed by atoms with Gasteiger partial charge in [-0.15, -0.1) is 11.3 Å². The number of aromatic nitrogens is 2. The van der Waals surface area contributed by atoms with Gasteiger partial charge in [0.2, 0.25) is 0 Å². The molecule has 0 aliphatic heterocycles. The highest BCUT2D eigenvalue weighted by Gasteiger charge is 2.14. The van der Waals surface area contributed by atoms with Gasteiger partial charge in [0.25, 0.3) is 0 Å². The molecule has 108 valence electrons. The van der Waals surface area contributed by atoms with Gasteiger partial charge in [-0.25, -0.2) is 20.2 Å². The first-order valence-electron chi connectivity index (χ1n) is 6.35. The average molecular weight is 323 g/mol. The Morgan fingerprint density at radius 2 is 2.14 bits per heavy atom. The fraction of sp³-hybridized carbons (Fsp3) is 0.143. The predicted octanol–water partition coefficient (Wildman–Crippen LogP) is 4.00. The molecule has 0 amide bonds. The van der Waals surface area contributed by atoms with Crippen molar-refractivity contribution in [3.05, 3.63) is 40.0 Å². The summed E-state index contributed by atoms with van der Waals surface area (Å²) in [5.74, 6) is 6.11. The third-order valence-electron chi connectivity index (χ3n) is 3.10. The van der Waals surface area contributed by atoms with Gasteiger partial charge in [0.05, 0.1) is 10.4 Å². The highest BCUT2D eigenvalue weighted by Crippen LogP contribution is 2.33. The summed E-state index contributed by atoms with van der Waals surface area (Å²) in [6.07, 6.45) is 0.914. The van der Waals surface area contributed by atoms with Crippen LogP contribution >= 0.6 is 22.9 Å². The maximum absolute atomic E-state index is 13.2. The Morgan fingerprint density at radius 3 is 2.81 bits per heavy atom. The summed E-state index contributed by atoms with van der Waals surface area (Å²) in [5, 5.41) is 1.14. The number of hydrogen-bond acceptors (Lipinski definition) is 5. The molecule has 0 bridgehead atoms. The zero-order valence-electron chi connectivity index (χ0n) is 11.2. The molecule has 2 heterocycles. The molecule has 2 aromatic heterocycles. The zero-order chi connectivity index (χ0) is 15.0. The molecule has 0 saturated carbocycles. The first-order valence-corrected chi connectivity index (χ1v) is 7.54. The smallest absolute Gasteiger partial charge is 0.164 e. The van der Waals surface area contributed by atoms with Crippen LogP contribution in [-0.2, 0) is 6.42 Å². The van der Waals surface area contributed by atoms with Crippen LogP contribution in [0.25, 0.3) is 21.6 Å². The second-order valence-electron chi connectivity index (χ2n) is 4.45. The first kappa shape index (κ1) is 14.2. The number of rotatable bonds is 3. The lowest BCUT2D eigenvalue weighted by atomic mass is 10.2. The van der Waals surface area contributed by atoms with Crippen molar-refractivity contribution < 1.29 is 4.39 Å². The van der Waals surface area contributed by atoms with Crippen molar-refractivity contribution in [2.75, 3.05) is 5.43 Å². The Bertz CT molecular complexity index is 818. The lowest BCUT2D eigenvalue weighted by molar-refractivity contribution is 0.628. The Balaban J connectivity index is 2.23. The van der Waals surface area contributed by atoms with E-state index in [2.05, 4.69) is 22.3 Å². The van der Waals surface area contributed by atoms with Crippen LogP contribution in [0.2, 0.25) is 5.02 Å². The minimum absolute atomic E-state index is 0.268. The second kappa shape index (κ2) is 5.55. The molecule has 3 rings (SSSR count). The Kier molecular flexibility index (Phi) is 3.75. The summed E-state index contributed by atoms with van der Waals surface area (Å²) < 4.78 is 13.2. The monoisotopic (exact) mass is 322 g/mol. The van der Waals surface area contributed by atoms with Crippen LogP contribution in [-0.4, -0.2) is 9.97 Å². The summed E-state index contributed by atoms with van der Waals surface area (Å²) in [6.45, 7) is 2.07.